The van der Waals surface area contributed by atoms with Gasteiger partial charge in [-0.3, -0.25) is 4.79 Å². The lowest BCUT2D eigenvalue weighted by Crippen LogP contribution is -2.18. The fourth-order valence-electron chi connectivity index (χ4n) is 1.33. The van der Waals surface area contributed by atoms with E-state index in [0.29, 0.717) is 5.56 Å². The van der Waals surface area contributed by atoms with Crippen molar-refractivity contribution < 1.29 is 4.79 Å². The van der Waals surface area contributed by atoms with E-state index in [1.807, 2.05) is 42.6 Å². The zero-order valence-electron chi connectivity index (χ0n) is 9.38. The largest absolute Gasteiger partial charge is 0.271 e. The molecule has 2 aromatic rings. The summed E-state index contributed by atoms with van der Waals surface area (Å²) in [7, 11) is 0. The van der Waals surface area contributed by atoms with E-state index in [1.165, 1.54) is 0 Å². The Morgan fingerprint density at radius 2 is 1.94 bits per heavy atom. The summed E-state index contributed by atoms with van der Waals surface area (Å²) >= 11 is 1.60. The summed E-state index contributed by atoms with van der Waals surface area (Å²) in [5.74, 6) is -0.193. The Bertz CT molecular complexity index is 518. The van der Waals surface area contributed by atoms with Gasteiger partial charge in [0.15, 0.2) is 0 Å². The first-order valence-corrected chi connectivity index (χ1v) is 6.09. The van der Waals surface area contributed by atoms with Gasteiger partial charge in [0.25, 0.3) is 5.91 Å². The third-order valence-corrected chi connectivity index (χ3v) is 3.22. The van der Waals surface area contributed by atoms with Crippen LogP contribution in [0.4, 0.5) is 0 Å². The topological polar surface area (TPSA) is 41.5 Å². The highest BCUT2D eigenvalue weighted by Gasteiger charge is 2.03. The van der Waals surface area contributed by atoms with E-state index in [-0.39, 0.29) is 5.91 Å². The quantitative estimate of drug-likeness (QED) is 0.654. The number of nitrogens with one attached hydrogen (secondary N) is 1. The van der Waals surface area contributed by atoms with Gasteiger partial charge in [-0.05, 0) is 30.5 Å². The van der Waals surface area contributed by atoms with E-state index >= 15 is 0 Å². The number of hydrazone groups is 1. The van der Waals surface area contributed by atoms with Crippen LogP contribution in [0.3, 0.4) is 0 Å². The normalized spacial score (nSPS) is 11.2. The minimum atomic E-state index is -0.193. The van der Waals surface area contributed by atoms with Crippen molar-refractivity contribution in [2.45, 2.75) is 6.92 Å². The first-order valence-electron chi connectivity index (χ1n) is 5.21. The highest BCUT2D eigenvalue weighted by Crippen LogP contribution is 2.09. The zero-order valence-corrected chi connectivity index (χ0v) is 10.2. The number of rotatable bonds is 3. The molecule has 0 atom stereocenters. The molecule has 3 nitrogen and oxygen atoms in total. The van der Waals surface area contributed by atoms with Gasteiger partial charge < -0.3 is 0 Å². The summed E-state index contributed by atoms with van der Waals surface area (Å²) in [6, 6.07) is 13.0. The average molecular weight is 244 g/mol. The van der Waals surface area contributed by atoms with Crippen LogP contribution < -0.4 is 5.43 Å². The van der Waals surface area contributed by atoms with Crippen LogP contribution in [-0.4, -0.2) is 11.6 Å². The predicted octanol–water partition coefficient (Wildman–Crippen LogP) is 2.90. The van der Waals surface area contributed by atoms with Crippen LogP contribution in [0.2, 0.25) is 0 Å². The smallest absolute Gasteiger partial charge is 0.267 e. The van der Waals surface area contributed by atoms with Crippen molar-refractivity contribution in [1.29, 1.82) is 0 Å². The van der Waals surface area contributed by atoms with Crippen molar-refractivity contribution >= 4 is 23.0 Å². The highest BCUT2D eigenvalue weighted by atomic mass is 32.1. The van der Waals surface area contributed by atoms with E-state index in [2.05, 4.69) is 10.5 Å². The summed E-state index contributed by atoms with van der Waals surface area (Å²) in [6.45, 7) is 1.87. The number of thiophene rings is 1. The molecule has 0 saturated carbocycles. The molecule has 0 aliphatic carbocycles. The van der Waals surface area contributed by atoms with Crippen molar-refractivity contribution in [3.63, 3.8) is 0 Å². The van der Waals surface area contributed by atoms with Crippen LogP contribution in [0.15, 0.2) is 52.9 Å². The summed E-state index contributed by atoms with van der Waals surface area (Å²) in [6.07, 6.45) is 0. The van der Waals surface area contributed by atoms with E-state index in [9.17, 15) is 4.79 Å². The molecule has 1 aromatic carbocycles. The van der Waals surface area contributed by atoms with Crippen molar-refractivity contribution in [3.05, 3.63) is 58.3 Å². The van der Waals surface area contributed by atoms with E-state index < -0.39 is 0 Å². The van der Waals surface area contributed by atoms with Gasteiger partial charge in [-0.25, -0.2) is 5.43 Å². The number of carbonyl (C=O) groups excluding carboxylic acids is 1. The third kappa shape index (κ3) is 3.01. The van der Waals surface area contributed by atoms with Crippen LogP contribution in [0, 0.1) is 0 Å². The standard InChI is InChI=1S/C13H12N2OS/c1-10(12-8-5-9-17-12)14-15-13(16)11-6-3-2-4-7-11/h2-9H,1H3,(H,15,16)/b14-10-. The summed E-state index contributed by atoms with van der Waals surface area (Å²) in [5.41, 5.74) is 3.96. The lowest BCUT2D eigenvalue weighted by molar-refractivity contribution is 0.0955. The van der Waals surface area contributed by atoms with Gasteiger partial charge in [0.2, 0.25) is 0 Å². The van der Waals surface area contributed by atoms with E-state index in [4.69, 9.17) is 0 Å². The van der Waals surface area contributed by atoms with Gasteiger partial charge >= 0.3 is 0 Å². The van der Waals surface area contributed by atoms with Crippen LogP contribution >= 0.6 is 11.3 Å². The molecular weight excluding hydrogens is 232 g/mol. The van der Waals surface area contributed by atoms with Gasteiger partial charge in [0, 0.05) is 10.4 Å². The second-order valence-electron chi connectivity index (χ2n) is 3.48. The zero-order chi connectivity index (χ0) is 12.1. The number of hydrogen-bond donors (Lipinski definition) is 1. The molecule has 0 aliphatic heterocycles. The maximum atomic E-state index is 11.7. The highest BCUT2D eigenvalue weighted by molar-refractivity contribution is 7.12. The fourth-order valence-corrected chi connectivity index (χ4v) is 2.01. The predicted molar refractivity (Wildman–Crippen MR) is 70.4 cm³/mol. The lowest BCUT2D eigenvalue weighted by atomic mass is 10.2. The molecule has 0 radical (unpaired) electrons. The number of nitrogens with zero attached hydrogens (tertiary/aromatic N) is 1. The van der Waals surface area contributed by atoms with Gasteiger partial charge in [-0.2, -0.15) is 5.10 Å². The Hall–Kier alpha value is -1.94. The molecule has 0 spiro atoms. The third-order valence-electron chi connectivity index (χ3n) is 2.24. The molecule has 2 rings (SSSR count). The van der Waals surface area contributed by atoms with Gasteiger partial charge in [-0.15, -0.1) is 11.3 Å². The Morgan fingerprint density at radius 1 is 1.18 bits per heavy atom. The van der Waals surface area contributed by atoms with Gasteiger partial charge in [0.1, 0.15) is 0 Å². The first-order chi connectivity index (χ1) is 8.27. The van der Waals surface area contributed by atoms with Crippen LogP contribution in [0.25, 0.3) is 0 Å². The minimum Gasteiger partial charge on any atom is -0.267 e. The summed E-state index contributed by atoms with van der Waals surface area (Å²) in [4.78, 5) is 12.8. The minimum absolute atomic E-state index is 0.193. The first kappa shape index (κ1) is 11.5. The summed E-state index contributed by atoms with van der Waals surface area (Å²) in [5, 5.41) is 6.05. The van der Waals surface area contributed by atoms with E-state index in [1.54, 1.807) is 23.5 Å². The molecule has 86 valence electrons. The number of amides is 1. The number of carbonyl (C=O) groups is 1. The van der Waals surface area contributed by atoms with Gasteiger partial charge in [-0.1, -0.05) is 24.3 Å². The maximum absolute atomic E-state index is 11.7. The Labute approximate surface area is 104 Å². The van der Waals surface area contributed by atoms with E-state index in [0.717, 1.165) is 10.6 Å². The molecule has 1 amide bonds. The molecule has 1 N–H and O–H groups in total. The van der Waals surface area contributed by atoms with Crippen LogP contribution in [0.1, 0.15) is 22.2 Å². The molecule has 17 heavy (non-hydrogen) atoms. The Balaban J connectivity index is 2.04. The number of benzene rings is 1. The second-order valence-corrected chi connectivity index (χ2v) is 4.43. The molecule has 4 heteroatoms. The van der Waals surface area contributed by atoms with Gasteiger partial charge in [0.05, 0.1) is 5.71 Å². The van der Waals surface area contributed by atoms with Crippen molar-refractivity contribution in [2.24, 2.45) is 5.10 Å². The van der Waals surface area contributed by atoms with Crippen molar-refractivity contribution in [2.75, 3.05) is 0 Å². The fraction of sp³-hybridized carbons (Fsp3) is 0.0769. The monoisotopic (exact) mass is 244 g/mol. The molecule has 0 bridgehead atoms. The van der Waals surface area contributed by atoms with Crippen molar-refractivity contribution in [3.8, 4) is 0 Å². The Kier molecular flexibility index (Phi) is 3.67. The molecule has 0 fully saturated rings. The van der Waals surface area contributed by atoms with Crippen LogP contribution in [-0.2, 0) is 0 Å². The SMILES string of the molecule is C/C(=N/NC(=O)c1ccccc1)c1cccs1. The molecule has 1 heterocycles. The lowest BCUT2D eigenvalue weighted by Gasteiger charge is -2.00. The molecule has 0 saturated heterocycles. The van der Waals surface area contributed by atoms with Crippen molar-refractivity contribution in [1.82, 2.24) is 5.43 Å². The molecule has 0 unspecified atom stereocenters. The molecule has 0 aliphatic rings. The second kappa shape index (κ2) is 5.41. The summed E-state index contributed by atoms with van der Waals surface area (Å²) < 4.78 is 0. The van der Waals surface area contributed by atoms with Crippen LogP contribution in [0.5, 0.6) is 0 Å². The maximum Gasteiger partial charge on any atom is 0.271 e. The molecular formula is C13H12N2OS. The number of hydrogen-bond acceptors (Lipinski definition) is 3. The average Bonchev–Trinajstić information content (AvgIpc) is 2.90. The Morgan fingerprint density at radius 3 is 2.59 bits per heavy atom. The molecule has 1 aromatic heterocycles.